The predicted octanol–water partition coefficient (Wildman–Crippen LogP) is 4.32. The normalized spacial score (nSPS) is 10.2. The minimum Gasteiger partial charge on any atom is -0.495 e. The van der Waals surface area contributed by atoms with Gasteiger partial charge < -0.3 is 10.1 Å². The van der Waals surface area contributed by atoms with Crippen LogP contribution < -0.4 is 10.1 Å². The van der Waals surface area contributed by atoms with Gasteiger partial charge in [-0.25, -0.2) is 0 Å². The fraction of sp³-hybridized carbons (Fsp3) is 0.0833. The Hall–Kier alpha value is -1.23. The minimum absolute atomic E-state index is 0.215. The first kappa shape index (κ1) is 13.2. The Morgan fingerprint density at radius 2 is 2.06 bits per heavy atom. The predicted molar refractivity (Wildman–Crippen MR) is 75.3 cm³/mol. The summed E-state index contributed by atoms with van der Waals surface area (Å²) < 4.78 is 5.61. The number of nitrogens with one attached hydrogen (secondary N) is 1. The Morgan fingerprint density at radius 1 is 1.28 bits per heavy atom. The number of methoxy groups -OCH3 is 1. The van der Waals surface area contributed by atoms with E-state index >= 15 is 0 Å². The molecule has 0 saturated carbocycles. The monoisotopic (exact) mass is 301 g/mol. The summed E-state index contributed by atoms with van der Waals surface area (Å²) in [5.41, 5.74) is 0.607. The van der Waals surface area contributed by atoms with E-state index in [2.05, 4.69) is 5.32 Å². The molecule has 1 heterocycles. The van der Waals surface area contributed by atoms with Crippen LogP contribution in [0.4, 0.5) is 5.69 Å². The zero-order chi connectivity index (χ0) is 13.1. The first-order valence-electron chi connectivity index (χ1n) is 5.00. The van der Waals surface area contributed by atoms with Crippen LogP contribution in [0.15, 0.2) is 30.3 Å². The molecule has 1 amide bonds. The van der Waals surface area contributed by atoms with Gasteiger partial charge in [0, 0.05) is 5.69 Å². The van der Waals surface area contributed by atoms with Crippen LogP contribution in [0.3, 0.4) is 0 Å². The van der Waals surface area contributed by atoms with E-state index in [1.54, 1.807) is 30.3 Å². The van der Waals surface area contributed by atoms with Crippen molar-refractivity contribution in [3.63, 3.8) is 0 Å². The van der Waals surface area contributed by atoms with Crippen molar-refractivity contribution in [3.8, 4) is 5.75 Å². The van der Waals surface area contributed by atoms with Crippen LogP contribution in [-0.4, -0.2) is 13.0 Å². The molecule has 0 aliphatic heterocycles. The summed E-state index contributed by atoms with van der Waals surface area (Å²) >= 11 is 13.0. The Balaban J connectivity index is 2.14. The molecule has 0 aliphatic carbocycles. The summed E-state index contributed by atoms with van der Waals surface area (Å²) in [5, 5.41) is 3.18. The summed E-state index contributed by atoms with van der Waals surface area (Å²) in [6, 6.07) is 8.40. The molecule has 94 valence electrons. The molecule has 0 atom stereocenters. The summed E-state index contributed by atoms with van der Waals surface area (Å²) in [6.07, 6.45) is 0. The largest absolute Gasteiger partial charge is 0.495 e. The van der Waals surface area contributed by atoms with E-state index in [1.807, 2.05) is 0 Å². The molecule has 0 bridgehead atoms. The van der Waals surface area contributed by atoms with Crippen LogP contribution in [-0.2, 0) is 0 Å². The first-order chi connectivity index (χ1) is 8.60. The second kappa shape index (κ2) is 5.61. The molecule has 6 heteroatoms. The van der Waals surface area contributed by atoms with Gasteiger partial charge in [-0.05, 0) is 30.3 Å². The number of rotatable bonds is 3. The zero-order valence-electron chi connectivity index (χ0n) is 9.37. The number of hydrogen-bond donors (Lipinski definition) is 1. The second-order valence-corrected chi connectivity index (χ2v) is 5.53. The minimum atomic E-state index is -0.215. The van der Waals surface area contributed by atoms with Crippen molar-refractivity contribution in [2.45, 2.75) is 0 Å². The fourth-order valence-corrected chi connectivity index (χ4v) is 2.57. The van der Waals surface area contributed by atoms with Gasteiger partial charge in [-0.3, -0.25) is 4.79 Å². The second-order valence-electron chi connectivity index (χ2n) is 3.41. The first-order valence-corrected chi connectivity index (χ1v) is 6.57. The molecule has 3 nitrogen and oxygen atoms in total. The van der Waals surface area contributed by atoms with Gasteiger partial charge in [0.2, 0.25) is 0 Å². The van der Waals surface area contributed by atoms with Crippen LogP contribution >= 0.6 is 34.5 Å². The van der Waals surface area contributed by atoms with Crippen molar-refractivity contribution >= 4 is 46.1 Å². The lowest BCUT2D eigenvalue weighted by molar-refractivity contribution is 0.103. The van der Waals surface area contributed by atoms with E-state index in [0.717, 1.165) is 0 Å². The number of thiophene rings is 1. The smallest absolute Gasteiger partial charge is 0.265 e. The molecular weight excluding hydrogens is 293 g/mol. The van der Waals surface area contributed by atoms with Gasteiger partial charge in [-0.1, -0.05) is 23.2 Å². The maximum atomic E-state index is 11.9. The number of ether oxygens (including phenoxy) is 1. The van der Waals surface area contributed by atoms with Gasteiger partial charge >= 0.3 is 0 Å². The molecule has 2 rings (SSSR count). The van der Waals surface area contributed by atoms with E-state index in [4.69, 9.17) is 27.9 Å². The summed E-state index contributed by atoms with van der Waals surface area (Å²) in [5.74, 6) is 0.349. The van der Waals surface area contributed by atoms with Gasteiger partial charge in [0.05, 0.1) is 21.3 Å². The number of carbonyl (C=O) groups excluding carboxylic acids is 1. The molecule has 18 heavy (non-hydrogen) atoms. The lowest BCUT2D eigenvalue weighted by Crippen LogP contribution is -2.09. The van der Waals surface area contributed by atoms with Gasteiger partial charge in [-0.2, -0.15) is 0 Å². The quantitative estimate of drug-likeness (QED) is 0.917. The van der Waals surface area contributed by atoms with Crippen LogP contribution in [0.25, 0.3) is 0 Å². The van der Waals surface area contributed by atoms with Crippen molar-refractivity contribution in [2.24, 2.45) is 0 Å². The Labute approximate surface area is 118 Å². The fourth-order valence-electron chi connectivity index (χ4n) is 1.37. The van der Waals surface area contributed by atoms with Gasteiger partial charge in [-0.15, -0.1) is 11.3 Å². The third-order valence-electron chi connectivity index (χ3n) is 2.21. The topological polar surface area (TPSA) is 38.3 Å². The molecule has 0 spiro atoms. The highest BCUT2D eigenvalue weighted by atomic mass is 35.5. The van der Waals surface area contributed by atoms with Crippen LogP contribution in [0.1, 0.15) is 9.67 Å². The number of carbonyl (C=O) groups is 1. The summed E-state index contributed by atoms with van der Waals surface area (Å²) in [7, 11) is 1.53. The standard InChI is InChI=1S/C12H9Cl2NO2S/c1-17-9-3-2-7(6-8(9)13)15-12(16)10-4-5-11(14)18-10/h2-6H,1H3,(H,15,16). The molecule has 0 fully saturated rings. The Bertz CT molecular complexity index is 583. The van der Waals surface area contributed by atoms with Crippen molar-refractivity contribution < 1.29 is 9.53 Å². The summed E-state index contributed by atoms with van der Waals surface area (Å²) in [6.45, 7) is 0. The van der Waals surface area contributed by atoms with Crippen LogP contribution in [0, 0.1) is 0 Å². The zero-order valence-corrected chi connectivity index (χ0v) is 11.7. The van der Waals surface area contributed by atoms with Gasteiger partial charge in [0.25, 0.3) is 5.91 Å². The van der Waals surface area contributed by atoms with Crippen LogP contribution in [0.5, 0.6) is 5.75 Å². The van der Waals surface area contributed by atoms with Crippen molar-refractivity contribution in [1.82, 2.24) is 0 Å². The molecule has 0 aliphatic rings. The van der Waals surface area contributed by atoms with E-state index in [1.165, 1.54) is 18.4 Å². The van der Waals surface area contributed by atoms with Gasteiger partial charge in [0.15, 0.2) is 0 Å². The maximum Gasteiger partial charge on any atom is 0.265 e. The molecule has 2 aromatic rings. The number of anilines is 1. The third kappa shape index (κ3) is 2.96. The SMILES string of the molecule is COc1ccc(NC(=O)c2ccc(Cl)s2)cc1Cl. The molecule has 1 N–H and O–H groups in total. The molecule has 0 unspecified atom stereocenters. The molecule has 1 aromatic heterocycles. The number of hydrogen-bond acceptors (Lipinski definition) is 3. The molecule has 1 aromatic carbocycles. The van der Waals surface area contributed by atoms with Crippen molar-refractivity contribution in [3.05, 3.63) is 44.6 Å². The van der Waals surface area contributed by atoms with Crippen molar-refractivity contribution in [2.75, 3.05) is 12.4 Å². The van der Waals surface area contributed by atoms with Gasteiger partial charge in [0.1, 0.15) is 5.75 Å². The van der Waals surface area contributed by atoms with E-state index in [9.17, 15) is 4.79 Å². The lowest BCUT2D eigenvalue weighted by Gasteiger charge is -2.07. The van der Waals surface area contributed by atoms with E-state index < -0.39 is 0 Å². The van der Waals surface area contributed by atoms with E-state index in [0.29, 0.717) is 25.7 Å². The van der Waals surface area contributed by atoms with Crippen molar-refractivity contribution in [1.29, 1.82) is 0 Å². The van der Waals surface area contributed by atoms with Crippen LogP contribution in [0.2, 0.25) is 9.36 Å². The highest BCUT2D eigenvalue weighted by Gasteiger charge is 2.10. The number of benzene rings is 1. The maximum absolute atomic E-state index is 11.9. The highest BCUT2D eigenvalue weighted by Crippen LogP contribution is 2.28. The molecular formula is C12H9Cl2NO2S. The highest BCUT2D eigenvalue weighted by molar-refractivity contribution is 7.18. The average molecular weight is 302 g/mol. The molecule has 0 radical (unpaired) electrons. The Kier molecular flexibility index (Phi) is 4.11. The number of amides is 1. The average Bonchev–Trinajstić information content (AvgIpc) is 2.76. The number of halogens is 2. The summed E-state index contributed by atoms with van der Waals surface area (Å²) in [4.78, 5) is 12.4. The third-order valence-corrected chi connectivity index (χ3v) is 3.73. The Morgan fingerprint density at radius 3 is 2.61 bits per heavy atom. The molecule has 0 saturated heterocycles. The lowest BCUT2D eigenvalue weighted by atomic mass is 10.3. The van der Waals surface area contributed by atoms with E-state index in [-0.39, 0.29) is 5.91 Å².